The molecule has 6 heteroatoms. The molecule has 2 aromatic carbocycles. The Hall–Kier alpha value is -3.41. The molecule has 0 radical (unpaired) electrons. The Bertz CT molecular complexity index is 922. The van der Waals surface area contributed by atoms with Crippen LogP contribution in [0.1, 0.15) is 27.2 Å². The lowest BCUT2D eigenvalue weighted by molar-refractivity contribution is 0.102. The maximum Gasteiger partial charge on any atom is 0.275 e. The van der Waals surface area contributed by atoms with Crippen molar-refractivity contribution in [2.24, 2.45) is 0 Å². The predicted octanol–water partition coefficient (Wildman–Crippen LogP) is 3.97. The lowest BCUT2D eigenvalue weighted by atomic mass is 10.1. The van der Waals surface area contributed by atoms with Crippen molar-refractivity contribution in [2.45, 2.75) is 20.4 Å². The topological polar surface area (TPSA) is 76.1 Å². The molecule has 0 bridgehead atoms. The van der Waals surface area contributed by atoms with E-state index in [1.807, 2.05) is 25.1 Å². The van der Waals surface area contributed by atoms with Crippen molar-refractivity contribution in [3.05, 3.63) is 77.2 Å². The van der Waals surface area contributed by atoms with Crippen molar-refractivity contribution in [3.63, 3.8) is 0 Å². The van der Waals surface area contributed by atoms with Gasteiger partial charge in [0.2, 0.25) is 0 Å². The second-order valence-corrected chi connectivity index (χ2v) is 6.28. The number of benzene rings is 2. The SMILES string of the molecule is COc1ccc(C)cc1NC(=O)c1cnc(NCc2ccc(C)cc2)cn1. The second-order valence-electron chi connectivity index (χ2n) is 6.28. The van der Waals surface area contributed by atoms with Crippen LogP contribution in [0.4, 0.5) is 11.5 Å². The minimum Gasteiger partial charge on any atom is -0.495 e. The summed E-state index contributed by atoms with van der Waals surface area (Å²) >= 11 is 0. The highest BCUT2D eigenvalue weighted by molar-refractivity contribution is 6.03. The van der Waals surface area contributed by atoms with Gasteiger partial charge in [0.25, 0.3) is 5.91 Å². The summed E-state index contributed by atoms with van der Waals surface area (Å²) in [5.41, 5.74) is 4.23. The van der Waals surface area contributed by atoms with E-state index in [4.69, 9.17) is 4.74 Å². The van der Waals surface area contributed by atoms with Crippen LogP contribution >= 0.6 is 0 Å². The fourth-order valence-corrected chi connectivity index (χ4v) is 2.54. The Labute approximate surface area is 158 Å². The average molecular weight is 362 g/mol. The summed E-state index contributed by atoms with van der Waals surface area (Å²) < 4.78 is 5.28. The number of nitrogens with one attached hydrogen (secondary N) is 2. The summed E-state index contributed by atoms with van der Waals surface area (Å²) in [6.45, 7) is 4.64. The molecule has 6 nitrogen and oxygen atoms in total. The van der Waals surface area contributed by atoms with Crippen LogP contribution < -0.4 is 15.4 Å². The maximum absolute atomic E-state index is 12.4. The Balaban J connectivity index is 1.63. The summed E-state index contributed by atoms with van der Waals surface area (Å²) in [6, 6.07) is 13.8. The Morgan fingerprint density at radius 3 is 2.41 bits per heavy atom. The number of anilines is 2. The number of ether oxygens (including phenoxy) is 1. The zero-order chi connectivity index (χ0) is 19.2. The van der Waals surface area contributed by atoms with Crippen LogP contribution in [0.3, 0.4) is 0 Å². The highest BCUT2D eigenvalue weighted by Crippen LogP contribution is 2.25. The van der Waals surface area contributed by atoms with E-state index in [9.17, 15) is 4.79 Å². The molecule has 0 saturated carbocycles. The Morgan fingerprint density at radius 1 is 1.00 bits per heavy atom. The first-order chi connectivity index (χ1) is 13.0. The molecule has 0 spiro atoms. The average Bonchev–Trinajstić information content (AvgIpc) is 2.68. The number of aryl methyl sites for hydroxylation is 2. The molecule has 1 aromatic heterocycles. The lowest BCUT2D eigenvalue weighted by Gasteiger charge is -2.11. The Morgan fingerprint density at radius 2 is 1.74 bits per heavy atom. The van der Waals surface area contributed by atoms with Crippen molar-refractivity contribution in [3.8, 4) is 5.75 Å². The zero-order valence-electron chi connectivity index (χ0n) is 15.6. The number of rotatable bonds is 6. The van der Waals surface area contributed by atoms with Gasteiger partial charge in [-0.3, -0.25) is 4.79 Å². The summed E-state index contributed by atoms with van der Waals surface area (Å²) in [4.78, 5) is 20.9. The fourth-order valence-electron chi connectivity index (χ4n) is 2.54. The van der Waals surface area contributed by atoms with Gasteiger partial charge >= 0.3 is 0 Å². The smallest absolute Gasteiger partial charge is 0.275 e. The van der Waals surface area contributed by atoms with Gasteiger partial charge in [-0.1, -0.05) is 35.9 Å². The number of nitrogens with zero attached hydrogens (tertiary/aromatic N) is 2. The molecule has 27 heavy (non-hydrogen) atoms. The largest absolute Gasteiger partial charge is 0.495 e. The molecule has 3 rings (SSSR count). The molecule has 0 fully saturated rings. The molecule has 0 aliphatic rings. The lowest BCUT2D eigenvalue weighted by Crippen LogP contribution is -2.15. The minimum atomic E-state index is -0.337. The molecule has 2 N–H and O–H groups in total. The highest BCUT2D eigenvalue weighted by Gasteiger charge is 2.12. The van der Waals surface area contributed by atoms with Crippen LogP contribution in [-0.4, -0.2) is 23.0 Å². The number of carbonyl (C=O) groups is 1. The first kappa shape index (κ1) is 18.4. The second kappa shape index (κ2) is 8.31. The van der Waals surface area contributed by atoms with Gasteiger partial charge < -0.3 is 15.4 Å². The minimum absolute atomic E-state index is 0.236. The van der Waals surface area contributed by atoms with E-state index in [-0.39, 0.29) is 11.6 Å². The van der Waals surface area contributed by atoms with Gasteiger partial charge in [0.05, 0.1) is 25.2 Å². The highest BCUT2D eigenvalue weighted by atomic mass is 16.5. The standard InChI is InChI=1S/C21H22N4O2/c1-14-4-7-16(8-5-14)11-23-20-13-22-18(12-24-20)21(26)25-17-10-15(2)6-9-19(17)27-3/h4-10,12-13H,11H2,1-3H3,(H,23,24)(H,25,26). The molecule has 1 heterocycles. The van der Waals surface area contributed by atoms with E-state index in [1.165, 1.54) is 11.8 Å². The summed E-state index contributed by atoms with van der Waals surface area (Å²) in [7, 11) is 1.56. The number of methoxy groups -OCH3 is 1. The normalized spacial score (nSPS) is 10.3. The van der Waals surface area contributed by atoms with Gasteiger partial charge in [0.15, 0.2) is 0 Å². The van der Waals surface area contributed by atoms with Crippen LogP contribution in [-0.2, 0) is 6.54 Å². The van der Waals surface area contributed by atoms with E-state index in [0.29, 0.717) is 23.8 Å². The molecule has 0 atom stereocenters. The van der Waals surface area contributed by atoms with E-state index >= 15 is 0 Å². The van der Waals surface area contributed by atoms with Crippen LogP contribution in [0.5, 0.6) is 5.75 Å². The molecule has 138 valence electrons. The molecule has 3 aromatic rings. The summed E-state index contributed by atoms with van der Waals surface area (Å²) in [6.07, 6.45) is 3.01. The predicted molar refractivity (Wildman–Crippen MR) is 106 cm³/mol. The van der Waals surface area contributed by atoms with Gasteiger partial charge in [0.1, 0.15) is 17.3 Å². The summed E-state index contributed by atoms with van der Waals surface area (Å²) in [5, 5.41) is 6.01. The zero-order valence-corrected chi connectivity index (χ0v) is 15.6. The van der Waals surface area contributed by atoms with Crippen molar-refractivity contribution in [1.29, 1.82) is 0 Å². The van der Waals surface area contributed by atoms with Gasteiger partial charge in [-0.25, -0.2) is 9.97 Å². The first-order valence-corrected chi connectivity index (χ1v) is 8.62. The van der Waals surface area contributed by atoms with E-state index in [2.05, 4.69) is 51.8 Å². The monoisotopic (exact) mass is 362 g/mol. The van der Waals surface area contributed by atoms with Crippen LogP contribution in [0.2, 0.25) is 0 Å². The van der Waals surface area contributed by atoms with Gasteiger partial charge in [-0.2, -0.15) is 0 Å². The van der Waals surface area contributed by atoms with E-state index in [0.717, 1.165) is 11.1 Å². The molecular formula is C21H22N4O2. The van der Waals surface area contributed by atoms with Gasteiger partial charge in [-0.15, -0.1) is 0 Å². The molecule has 0 aliphatic carbocycles. The van der Waals surface area contributed by atoms with Crippen molar-refractivity contribution in [2.75, 3.05) is 17.7 Å². The maximum atomic E-state index is 12.4. The third-order valence-electron chi connectivity index (χ3n) is 4.08. The van der Waals surface area contributed by atoms with Crippen LogP contribution in [0, 0.1) is 13.8 Å². The fraction of sp³-hybridized carbons (Fsp3) is 0.190. The Kier molecular flexibility index (Phi) is 5.66. The molecule has 0 aliphatic heterocycles. The van der Waals surface area contributed by atoms with Gasteiger partial charge in [-0.05, 0) is 37.1 Å². The number of carbonyl (C=O) groups excluding carboxylic acids is 1. The third-order valence-corrected chi connectivity index (χ3v) is 4.08. The summed E-state index contributed by atoms with van der Waals surface area (Å²) in [5.74, 6) is 0.870. The van der Waals surface area contributed by atoms with Gasteiger partial charge in [0, 0.05) is 6.54 Å². The van der Waals surface area contributed by atoms with E-state index in [1.54, 1.807) is 13.3 Å². The van der Waals surface area contributed by atoms with Crippen molar-refractivity contribution < 1.29 is 9.53 Å². The molecule has 0 saturated heterocycles. The first-order valence-electron chi connectivity index (χ1n) is 8.62. The molecular weight excluding hydrogens is 340 g/mol. The van der Waals surface area contributed by atoms with Crippen LogP contribution in [0.15, 0.2) is 54.9 Å². The molecule has 1 amide bonds. The third kappa shape index (κ3) is 4.82. The molecule has 0 unspecified atom stereocenters. The van der Waals surface area contributed by atoms with Crippen LogP contribution in [0.25, 0.3) is 0 Å². The van der Waals surface area contributed by atoms with E-state index < -0.39 is 0 Å². The number of amides is 1. The number of aromatic nitrogens is 2. The van der Waals surface area contributed by atoms with Crippen molar-refractivity contribution >= 4 is 17.4 Å². The number of hydrogen-bond donors (Lipinski definition) is 2. The quantitative estimate of drug-likeness (QED) is 0.694. The number of hydrogen-bond acceptors (Lipinski definition) is 5. The van der Waals surface area contributed by atoms with Crippen molar-refractivity contribution in [1.82, 2.24) is 9.97 Å².